The van der Waals surface area contributed by atoms with Crippen LogP contribution >= 0.6 is 11.6 Å². The SMILES string of the molecule is CS(=O)(=O)c1cc(-c2ccn(C3CC3)n2)ccc1Nc1cc(Cl)nc2c1nc(C(F)F)n2C1CCCCO1. The monoisotopic (exact) mass is 562 g/mol. The molecule has 0 amide bonds. The van der Waals surface area contributed by atoms with Crippen molar-refractivity contribution < 1.29 is 21.9 Å². The molecule has 1 saturated heterocycles. The van der Waals surface area contributed by atoms with Crippen molar-refractivity contribution in [3.05, 3.63) is 47.5 Å². The number of ether oxygens (including phenoxy) is 1. The Balaban J connectivity index is 1.43. The second-order valence-electron chi connectivity index (χ2n) is 9.65. The summed E-state index contributed by atoms with van der Waals surface area (Å²) in [5, 5.41) is 7.69. The van der Waals surface area contributed by atoms with Crippen LogP contribution in [0.1, 0.15) is 56.6 Å². The molecule has 0 radical (unpaired) electrons. The minimum Gasteiger partial charge on any atom is -0.358 e. The molecule has 1 aliphatic heterocycles. The summed E-state index contributed by atoms with van der Waals surface area (Å²) in [4.78, 5) is 8.51. The third-order valence-corrected chi connectivity index (χ3v) is 8.09. The Bertz CT molecular complexity index is 1630. The Hall–Kier alpha value is -3.09. The average Bonchev–Trinajstić information content (AvgIpc) is 3.47. The number of rotatable bonds is 7. The van der Waals surface area contributed by atoms with Crippen LogP contribution in [0.15, 0.2) is 41.4 Å². The normalized spacial score (nSPS) is 18.4. The molecule has 1 N–H and O–H groups in total. The zero-order valence-electron chi connectivity index (χ0n) is 20.4. The van der Waals surface area contributed by atoms with Gasteiger partial charge in [0.25, 0.3) is 6.43 Å². The van der Waals surface area contributed by atoms with Gasteiger partial charge in [-0.15, -0.1) is 0 Å². The molecule has 2 fully saturated rings. The minimum atomic E-state index is -3.69. The van der Waals surface area contributed by atoms with E-state index in [9.17, 15) is 17.2 Å². The maximum absolute atomic E-state index is 14.1. The number of fused-ring (bicyclic) bond motifs is 1. The number of pyridine rings is 1. The van der Waals surface area contributed by atoms with Crippen LogP contribution in [-0.2, 0) is 14.6 Å². The summed E-state index contributed by atoms with van der Waals surface area (Å²) in [5.74, 6) is -0.477. The number of alkyl halides is 2. The van der Waals surface area contributed by atoms with Crippen LogP contribution in [0.5, 0.6) is 0 Å². The van der Waals surface area contributed by atoms with Crippen LogP contribution in [-0.4, -0.2) is 45.6 Å². The van der Waals surface area contributed by atoms with Crippen LogP contribution in [0.3, 0.4) is 0 Å². The Morgan fingerprint density at radius 1 is 1.11 bits per heavy atom. The standard InChI is InChI=1S/C25H25ClF2N6O3S/c1-38(35,36)19-12-14(16-9-10-33(32-16)15-6-7-15)5-8-17(19)29-18-13-20(26)30-24-22(18)31-25(23(27)28)34(24)21-4-2-3-11-37-21/h5,8-10,12-13,15,21,23H,2-4,6-7,11H2,1H3,(H,29,30). The lowest BCUT2D eigenvalue weighted by Gasteiger charge is -2.25. The van der Waals surface area contributed by atoms with Crippen molar-refractivity contribution in [1.82, 2.24) is 24.3 Å². The summed E-state index contributed by atoms with van der Waals surface area (Å²) >= 11 is 6.31. The van der Waals surface area contributed by atoms with Crippen molar-refractivity contribution in [2.75, 3.05) is 18.2 Å². The minimum absolute atomic E-state index is 0.0289. The molecule has 6 rings (SSSR count). The lowest BCUT2D eigenvalue weighted by atomic mass is 10.1. The molecule has 4 aromatic rings. The summed E-state index contributed by atoms with van der Waals surface area (Å²) in [5.41, 5.74) is 2.11. The van der Waals surface area contributed by atoms with E-state index in [-0.39, 0.29) is 32.6 Å². The summed E-state index contributed by atoms with van der Waals surface area (Å²) < 4.78 is 62.7. The van der Waals surface area contributed by atoms with Gasteiger partial charge in [0, 0.05) is 30.7 Å². The zero-order valence-corrected chi connectivity index (χ0v) is 22.0. The number of sulfone groups is 1. The van der Waals surface area contributed by atoms with E-state index in [0.29, 0.717) is 30.3 Å². The van der Waals surface area contributed by atoms with Crippen molar-refractivity contribution >= 4 is 44.0 Å². The van der Waals surface area contributed by atoms with E-state index in [1.54, 1.807) is 18.2 Å². The van der Waals surface area contributed by atoms with E-state index in [4.69, 9.17) is 16.3 Å². The van der Waals surface area contributed by atoms with Gasteiger partial charge in [-0.1, -0.05) is 17.7 Å². The third-order valence-electron chi connectivity index (χ3n) is 6.76. The molecule has 1 saturated carbocycles. The molecule has 13 heteroatoms. The van der Waals surface area contributed by atoms with E-state index < -0.39 is 28.3 Å². The van der Waals surface area contributed by atoms with E-state index >= 15 is 0 Å². The molecule has 1 atom stereocenters. The molecule has 1 aromatic carbocycles. The quantitative estimate of drug-likeness (QED) is 0.273. The van der Waals surface area contributed by atoms with Gasteiger partial charge in [0.05, 0.1) is 28.0 Å². The number of aromatic nitrogens is 5. The highest BCUT2D eigenvalue weighted by Crippen LogP contribution is 2.38. The summed E-state index contributed by atoms with van der Waals surface area (Å²) in [6.07, 6.45) is 3.86. The third kappa shape index (κ3) is 4.76. The number of imidazole rings is 1. The van der Waals surface area contributed by atoms with Gasteiger partial charge >= 0.3 is 0 Å². The lowest BCUT2D eigenvalue weighted by Crippen LogP contribution is -2.20. The van der Waals surface area contributed by atoms with Gasteiger partial charge in [-0.2, -0.15) is 5.10 Å². The Morgan fingerprint density at radius 2 is 1.92 bits per heavy atom. The molecule has 9 nitrogen and oxygen atoms in total. The molecule has 38 heavy (non-hydrogen) atoms. The second kappa shape index (κ2) is 9.58. The Morgan fingerprint density at radius 3 is 2.61 bits per heavy atom. The molecule has 1 unspecified atom stereocenters. The highest BCUT2D eigenvalue weighted by atomic mass is 35.5. The lowest BCUT2D eigenvalue weighted by molar-refractivity contribution is -0.0363. The van der Waals surface area contributed by atoms with Crippen molar-refractivity contribution in [1.29, 1.82) is 0 Å². The highest BCUT2D eigenvalue weighted by Gasteiger charge is 2.29. The van der Waals surface area contributed by atoms with Gasteiger partial charge in [0.2, 0.25) is 0 Å². The van der Waals surface area contributed by atoms with Gasteiger partial charge < -0.3 is 10.1 Å². The molecule has 3 aromatic heterocycles. The van der Waals surface area contributed by atoms with Crippen molar-refractivity contribution in [2.45, 2.75) is 55.7 Å². The molecular weight excluding hydrogens is 538 g/mol. The number of anilines is 2. The molecule has 200 valence electrons. The summed E-state index contributed by atoms with van der Waals surface area (Å²) in [7, 11) is -3.69. The predicted molar refractivity (Wildman–Crippen MR) is 139 cm³/mol. The molecule has 4 heterocycles. The summed E-state index contributed by atoms with van der Waals surface area (Å²) in [6.45, 7) is 0.446. The van der Waals surface area contributed by atoms with E-state index in [1.807, 2.05) is 16.9 Å². The van der Waals surface area contributed by atoms with Gasteiger partial charge in [-0.3, -0.25) is 9.25 Å². The van der Waals surface area contributed by atoms with Crippen molar-refractivity contribution in [3.63, 3.8) is 0 Å². The molecule has 0 bridgehead atoms. The fourth-order valence-corrected chi connectivity index (χ4v) is 5.83. The average molecular weight is 563 g/mol. The van der Waals surface area contributed by atoms with Crippen molar-refractivity contribution in [2.24, 2.45) is 0 Å². The number of hydrogen-bond acceptors (Lipinski definition) is 7. The molecule has 0 spiro atoms. The topological polar surface area (TPSA) is 104 Å². The number of halogens is 3. The van der Waals surface area contributed by atoms with Gasteiger partial charge in [-0.05, 0) is 50.3 Å². The van der Waals surface area contributed by atoms with Crippen LogP contribution in [0.4, 0.5) is 20.2 Å². The first-order valence-corrected chi connectivity index (χ1v) is 14.6. The first-order valence-electron chi connectivity index (χ1n) is 12.3. The molecular formula is C25H25ClF2N6O3S. The Labute approximate surface area is 222 Å². The molecule has 1 aliphatic carbocycles. The smallest absolute Gasteiger partial charge is 0.295 e. The fraction of sp³-hybridized carbons (Fsp3) is 0.400. The van der Waals surface area contributed by atoms with Crippen molar-refractivity contribution in [3.8, 4) is 11.3 Å². The van der Waals surface area contributed by atoms with Gasteiger partial charge in [-0.25, -0.2) is 27.2 Å². The van der Waals surface area contributed by atoms with E-state index in [1.165, 1.54) is 10.6 Å². The molecule has 2 aliphatic rings. The maximum atomic E-state index is 14.1. The number of nitrogens with zero attached hydrogens (tertiary/aromatic N) is 5. The number of nitrogens with one attached hydrogen (secondary N) is 1. The fourth-order valence-electron chi connectivity index (χ4n) is 4.78. The van der Waals surface area contributed by atoms with E-state index in [2.05, 4.69) is 20.4 Å². The highest BCUT2D eigenvalue weighted by molar-refractivity contribution is 7.90. The Kier molecular flexibility index (Phi) is 6.36. The van der Waals surface area contributed by atoms with E-state index in [0.717, 1.165) is 31.9 Å². The first-order chi connectivity index (χ1) is 18.2. The van der Waals surface area contributed by atoms with Crippen LogP contribution in [0.25, 0.3) is 22.4 Å². The first kappa shape index (κ1) is 25.2. The second-order valence-corrected chi connectivity index (χ2v) is 12.0. The van der Waals surface area contributed by atoms with Crippen LogP contribution in [0.2, 0.25) is 5.15 Å². The van der Waals surface area contributed by atoms with Gasteiger partial charge in [0.1, 0.15) is 16.9 Å². The van der Waals surface area contributed by atoms with Gasteiger partial charge in [0.15, 0.2) is 21.3 Å². The summed E-state index contributed by atoms with van der Waals surface area (Å²) in [6, 6.07) is 8.62. The van der Waals surface area contributed by atoms with Crippen LogP contribution in [0, 0.1) is 0 Å². The predicted octanol–water partition coefficient (Wildman–Crippen LogP) is 6.07. The number of benzene rings is 1. The largest absolute Gasteiger partial charge is 0.358 e. The number of hydrogen-bond donors (Lipinski definition) is 1. The maximum Gasteiger partial charge on any atom is 0.295 e. The zero-order chi connectivity index (χ0) is 26.6. The van der Waals surface area contributed by atoms with Crippen LogP contribution < -0.4 is 5.32 Å².